The van der Waals surface area contributed by atoms with Crippen molar-refractivity contribution in [1.29, 1.82) is 0 Å². The molecule has 0 amide bonds. The third-order valence-corrected chi connectivity index (χ3v) is 3.21. The zero-order valence-electron chi connectivity index (χ0n) is 11.2. The first-order chi connectivity index (χ1) is 9.79. The van der Waals surface area contributed by atoms with E-state index < -0.39 is 11.9 Å². The van der Waals surface area contributed by atoms with Gasteiger partial charge in [-0.1, -0.05) is 0 Å². The molecule has 0 aliphatic carbocycles. The van der Waals surface area contributed by atoms with Crippen LogP contribution in [0.1, 0.15) is 17.1 Å². The predicted molar refractivity (Wildman–Crippen MR) is 69.0 cm³/mol. The third-order valence-electron chi connectivity index (χ3n) is 3.21. The molecule has 0 spiro atoms. The van der Waals surface area contributed by atoms with Crippen molar-refractivity contribution >= 4 is 11.2 Å². The maximum atomic E-state index is 12.8. The largest absolute Gasteiger partial charge is 0.435 e. The molecule has 3 aromatic rings. The van der Waals surface area contributed by atoms with Crippen LogP contribution in [0, 0.1) is 13.8 Å². The SMILES string of the molecule is Cc1nn(-c2nccn3nc(C(F)(F)F)cc23)c(C)c1N. The molecule has 0 aliphatic rings. The van der Waals surface area contributed by atoms with Gasteiger partial charge >= 0.3 is 6.18 Å². The monoisotopic (exact) mass is 296 g/mol. The average Bonchev–Trinajstić information content (AvgIpc) is 2.95. The molecule has 0 atom stereocenters. The molecule has 0 saturated heterocycles. The lowest BCUT2D eigenvalue weighted by Crippen LogP contribution is -2.06. The Morgan fingerprint density at radius 3 is 2.48 bits per heavy atom. The van der Waals surface area contributed by atoms with Gasteiger partial charge in [0.05, 0.1) is 17.1 Å². The summed E-state index contributed by atoms with van der Waals surface area (Å²) in [6.07, 6.45) is -1.80. The number of rotatable bonds is 1. The van der Waals surface area contributed by atoms with Crippen LogP contribution in [-0.4, -0.2) is 24.4 Å². The molecule has 0 unspecified atom stereocenters. The van der Waals surface area contributed by atoms with E-state index in [2.05, 4.69) is 15.2 Å². The Bertz CT molecular complexity index is 829. The van der Waals surface area contributed by atoms with E-state index in [0.29, 0.717) is 17.1 Å². The first-order valence-corrected chi connectivity index (χ1v) is 6.02. The van der Waals surface area contributed by atoms with Crippen LogP contribution in [0.5, 0.6) is 0 Å². The van der Waals surface area contributed by atoms with Gasteiger partial charge in [-0.2, -0.15) is 23.4 Å². The topological polar surface area (TPSA) is 74.0 Å². The molecule has 3 rings (SSSR count). The Hall–Kier alpha value is -2.58. The molecular formula is C12H11F3N6. The van der Waals surface area contributed by atoms with Gasteiger partial charge in [0.2, 0.25) is 0 Å². The maximum Gasteiger partial charge on any atom is 0.435 e. The number of anilines is 1. The summed E-state index contributed by atoms with van der Waals surface area (Å²) < 4.78 is 40.8. The van der Waals surface area contributed by atoms with Gasteiger partial charge in [-0.15, -0.1) is 0 Å². The van der Waals surface area contributed by atoms with Gasteiger partial charge in [0.1, 0.15) is 5.52 Å². The smallest absolute Gasteiger partial charge is 0.396 e. The van der Waals surface area contributed by atoms with Crippen molar-refractivity contribution < 1.29 is 13.2 Å². The van der Waals surface area contributed by atoms with Gasteiger partial charge in [-0.25, -0.2) is 14.2 Å². The Morgan fingerprint density at radius 2 is 1.90 bits per heavy atom. The van der Waals surface area contributed by atoms with Gasteiger partial charge in [-0.05, 0) is 13.8 Å². The fraction of sp³-hybridized carbons (Fsp3) is 0.250. The fourth-order valence-electron chi connectivity index (χ4n) is 2.07. The van der Waals surface area contributed by atoms with Crippen molar-refractivity contribution in [3.05, 3.63) is 35.5 Å². The van der Waals surface area contributed by atoms with Gasteiger partial charge in [0, 0.05) is 18.5 Å². The molecule has 0 fully saturated rings. The van der Waals surface area contributed by atoms with Crippen molar-refractivity contribution in [3.8, 4) is 5.82 Å². The number of alkyl halides is 3. The minimum Gasteiger partial charge on any atom is -0.396 e. The van der Waals surface area contributed by atoms with E-state index in [1.807, 2.05) is 0 Å². The summed E-state index contributed by atoms with van der Waals surface area (Å²) in [6.45, 7) is 3.44. The molecular weight excluding hydrogens is 285 g/mol. The first kappa shape index (κ1) is 13.4. The number of aromatic nitrogens is 5. The number of halogens is 3. The van der Waals surface area contributed by atoms with Gasteiger partial charge < -0.3 is 5.73 Å². The van der Waals surface area contributed by atoms with Crippen LogP contribution in [0.4, 0.5) is 18.9 Å². The third kappa shape index (κ3) is 2.01. The van der Waals surface area contributed by atoms with Crippen molar-refractivity contribution in [3.63, 3.8) is 0 Å². The molecule has 9 heteroatoms. The van der Waals surface area contributed by atoms with E-state index in [0.717, 1.165) is 10.6 Å². The van der Waals surface area contributed by atoms with E-state index in [-0.39, 0.29) is 11.3 Å². The normalized spacial score (nSPS) is 12.2. The van der Waals surface area contributed by atoms with Crippen LogP contribution >= 0.6 is 0 Å². The molecule has 3 heterocycles. The van der Waals surface area contributed by atoms with E-state index >= 15 is 0 Å². The lowest BCUT2D eigenvalue weighted by atomic mass is 10.3. The van der Waals surface area contributed by atoms with Crippen molar-refractivity contribution in [1.82, 2.24) is 24.4 Å². The van der Waals surface area contributed by atoms with E-state index in [9.17, 15) is 13.2 Å². The fourth-order valence-corrected chi connectivity index (χ4v) is 2.07. The number of nitrogen functional groups attached to an aromatic ring is 1. The number of hydrogen-bond acceptors (Lipinski definition) is 4. The average molecular weight is 296 g/mol. The lowest BCUT2D eigenvalue weighted by molar-refractivity contribution is -0.141. The predicted octanol–water partition coefficient (Wildman–Crippen LogP) is 2.13. The Morgan fingerprint density at radius 1 is 1.19 bits per heavy atom. The second kappa shape index (κ2) is 4.21. The highest BCUT2D eigenvalue weighted by Crippen LogP contribution is 2.30. The quantitative estimate of drug-likeness (QED) is 0.746. The van der Waals surface area contributed by atoms with E-state index in [4.69, 9.17) is 5.73 Å². The lowest BCUT2D eigenvalue weighted by Gasteiger charge is -2.04. The number of hydrogen-bond donors (Lipinski definition) is 1. The molecule has 0 bridgehead atoms. The molecule has 0 saturated carbocycles. The summed E-state index contributed by atoms with van der Waals surface area (Å²) in [6, 6.07) is 0.939. The van der Waals surface area contributed by atoms with Crippen LogP contribution in [0.3, 0.4) is 0 Å². The summed E-state index contributed by atoms with van der Waals surface area (Å²) >= 11 is 0. The minimum absolute atomic E-state index is 0.204. The summed E-state index contributed by atoms with van der Waals surface area (Å²) in [7, 11) is 0. The number of aryl methyl sites for hydroxylation is 1. The van der Waals surface area contributed by atoms with Gasteiger partial charge in [-0.3, -0.25) is 0 Å². The number of nitrogens with zero attached hydrogens (tertiary/aromatic N) is 5. The van der Waals surface area contributed by atoms with Crippen LogP contribution < -0.4 is 5.73 Å². The summed E-state index contributed by atoms with van der Waals surface area (Å²) in [5, 5.41) is 7.72. The summed E-state index contributed by atoms with van der Waals surface area (Å²) in [4.78, 5) is 4.10. The second-order valence-corrected chi connectivity index (χ2v) is 4.60. The number of fused-ring (bicyclic) bond motifs is 1. The molecule has 0 radical (unpaired) electrons. The molecule has 0 aliphatic heterocycles. The summed E-state index contributed by atoms with van der Waals surface area (Å²) in [5.41, 5.74) is 6.75. The maximum absolute atomic E-state index is 12.8. The Labute approximate surface area is 117 Å². The van der Waals surface area contributed by atoms with Gasteiger partial charge in [0.25, 0.3) is 0 Å². The van der Waals surface area contributed by atoms with Crippen molar-refractivity contribution in [2.75, 3.05) is 5.73 Å². The summed E-state index contributed by atoms with van der Waals surface area (Å²) in [5.74, 6) is 0.248. The Balaban J connectivity index is 2.28. The van der Waals surface area contributed by atoms with Gasteiger partial charge in [0.15, 0.2) is 11.5 Å². The highest BCUT2D eigenvalue weighted by molar-refractivity contribution is 5.63. The Kier molecular flexibility index (Phi) is 2.68. The standard InChI is InChI=1S/C12H11F3N6/c1-6-10(16)7(2)21(18-6)11-8-5-9(12(13,14)15)19-20(8)4-3-17-11/h3-5H,16H2,1-2H3. The second-order valence-electron chi connectivity index (χ2n) is 4.60. The molecule has 110 valence electrons. The first-order valence-electron chi connectivity index (χ1n) is 6.02. The molecule has 3 aromatic heterocycles. The molecule has 2 N–H and O–H groups in total. The highest BCUT2D eigenvalue weighted by atomic mass is 19.4. The molecule has 0 aromatic carbocycles. The van der Waals surface area contributed by atoms with Crippen LogP contribution in [0.2, 0.25) is 0 Å². The number of nitrogens with two attached hydrogens (primary N) is 1. The highest BCUT2D eigenvalue weighted by Gasteiger charge is 2.34. The molecule has 6 nitrogen and oxygen atoms in total. The zero-order chi connectivity index (χ0) is 15.4. The minimum atomic E-state index is -4.52. The van der Waals surface area contributed by atoms with Crippen LogP contribution in [-0.2, 0) is 6.18 Å². The van der Waals surface area contributed by atoms with E-state index in [1.165, 1.54) is 17.1 Å². The molecule has 21 heavy (non-hydrogen) atoms. The van der Waals surface area contributed by atoms with Crippen LogP contribution in [0.15, 0.2) is 18.5 Å². The van der Waals surface area contributed by atoms with E-state index in [1.54, 1.807) is 13.8 Å². The van der Waals surface area contributed by atoms with Crippen molar-refractivity contribution in [2.24, 2.45) is 0 Å². The van der Waals surface area contributed by atoms with Crippen molar-refractivity contribution in [2.45, 2.75) is 20.0 Å². The zero-order valence-corrected chi connectivity index (χ0v) is 11.2. The van der Waals surface area contributed by atoms with Crippen LogP contribution in [0.25, 0.3) is 11.3 Å².